The highest BCUT2D eigenvalue weighted by atomic mass is 79.9. The molecular formula is C16H8Br2Cl4S2. The van der Waals surface area contributed by atoms with Gasteiger partial charge in [-0.1, -0.05) is 102 Å². The summed E-state index contributed by atoms with van der Waals surface area (Å²) >= 11 is 34.5. The highest BCUT2D eigenvalue weighted by Gasteiger charge is 2.13. The van der Waals surface area contributed by atoms with Crippen LogP contribution in [0.5, 0.6) is 0 Å². The summed E-state index contributed by atoms with van der Waals surface area (Å²) in [6, 6.07) is 15.4. The van der Waals surface area contributed by atoms with Gasteiger partial charge in [0.25, 0.3) is 0 Å². The highest BCUT2D eigenvalue weighted by Crippen LogP contribution is 2.42. The fraction of sp³-hybridized carbons (Fsp3) is 0. The molecule has 0 heterocycles. The average molecular weight is 566 g/mol. The van der Waals surface area contributed by atoms with Crippen LogP contribution in [0.4, 0.5) is 0 Å². The molecule has 8 heteroatoms. The normalized spacial score (nSPS) is 13.4. The Morgan fingerprint density at radius 2 is 0.875 bits per heavy atom. The van der Waals surface area contributed by atoms with E-state index in [0.717, 1.165) is 18.7 Å². The second kappa shape index (κ2) is 10.2. The molecule has 0 nitrogen and oxygen atoms in total. The topological polar surface area (TPSA) is 0 Å². The number of allylic oxidation sites excluding steroid dienone is 2. The average Bonchev–Trinajstić information content (AvgIpc) is 2.57. The largest absolute Gasteiger partial charge is 0.0985 e. The summed E-state index contributed by atoms with van der Waals surface area (Å²) < 4.78 is 2.70. The zero-order valence-corrected chi connectivity index (χ0v) is 19.5. The second-order valence-electron chi connectivity index (χ2n) is 4.29. The van der Waals surface area contributed by atoms with Crippen LogP contribution in [0.25, 0.3) is 0 Å². The fourth-order valence-corrected chi connectivity index (χ4v) is 4.70. The Morgan fingerprint density at radius 1 is 0.583 bits per heavy atom. The Labute approximate surface area is 186 Å². The number of hydrogen-bond acceptors (Lipinski definition) is 2. The third-order valence-corrected chi connectivity index (χ3v) is 7.53. The first-order chi connectivity index (χ1) is 11.4. The van der Waals surface area contributed by atoms with E-state index in [2.05, 4.69) is 31.9 Å². The standard InChI is InChI=1S/C16H8Br2Cl4S2/c17-9-1-5-11(6-2-9)23-15(21)13(19)14(20)16(22)24-12-7-3-10(18)4-8-12/h1-8H/b15-13+,16-14+. The number of benzene rings is 2. The zero-order valence-electron chi connectivity index (χ0n) is 11.7. The monoisotopic (exact) mass is 562 g/mol. The van der Waals surface area contributed by atoms with Crippen molar-refractivity contribution in [2.24, 2.45) is 0 Å². The quantitative estimate of drug-likeness (QED) is 0.262. The molecule has 24 heavy (non-hydrogen) atoms. The van der Waals surface area contributed by atoms with Gasteiger partial charge in [0.15, 0.2) is 0 Å². The molecule has 0 aliphatic heterocycles. The molecule has 2 rings (SSSR count). The van der Waals surface area contributed by atoms with E-state index in [9.17, 15) is 0 Å². The Balaban J connectivity index is 2.16. The van der Waals surface area contributed by atoms with Crippen molar-refractivity contribution in [1.82, 2.24) is 0 Å². The van der Waals surface area contributed by atoms with Crippen molar-refractivity contribution < 1.29 is 0 Å². The summed E-state index contributed by atoms with van der Waals surface area (Å²) in [7, 11) is 0. The zero-order chi connectivity index (χ0) is 17.7. The first-order valence-electron chi connectivity index (χ1n) is 6.34. The van der Waals surface area contributed by atoms with Crippen LogP contribution < -0.4 is 0 Å². The maximum atomic E-state index is 6.27. The molecule has 0 saturated heterocycles. The van der Waals surface area contributed by atoms with E-state index in [4.69, 9.17) is 46.4 Å². The Bertz CT molecular complexity index is 704. The molecule has 0 bridgehead atoms. The molecule has 126 valence electrons. The molecular weight excluding hydrogens is 558 g/mol. The van der Waals surface area contributed by atoms with Gasteiger partial charge in [-0.15, -0.1) is 0 Å². The lowest BCUT2D eigenvalue weighted by Crippen LogP contribution is -1.81. The van der Waals surface area contributed by atoms with Gasteiger partial charge in [-0.3, -0.25) is 0 Å². The van der Waals surface area contributed by atoms with E-state index in [0.29, 0.717) is 8.73 Å². The lowest BCUT2D eigenvalue weighted by Gasteiger charge is -2.06. The lowest BCUT2D eigenvalue weighted by atomic mass is 10.4. The van der Waals surface area contributed by atoms with Gasteiger partial charge < -0.3 is 0 Å². The van der Waals surface area contributed by atoms with Crippen molar-refractivity contribution in [3.05, 3.63) is 76.3 Å². The minimum Gasteiger partial charge on any atom is -0.0804 e. The second-order valence-corrected chi connectivity index (χ2v) is 10.2. The van der Waals surface area contributed by atoms with Gasteiger partial charge in [0, 0.05) is 18.7 Å². The maximum absolute atomic E-state index is 6.27. The van der Waals surface area contributed by atoms with E-state index in [1.165, 1.54) is 23.5 Å². The van der Waals surface area contributed by atoms with E-state index < -0.39 is 0 Å². The Kier molecular flexibility index (Phi) is 8.92. The third kappa shape index (κ3) is 6.48. The smallest absolute Gasteiger partial charge is 0.0804 e. The molecule has 0 radical (unpaired) electrons. The third-order valence-electron chi connectivity index (χ3n) is 2.58. The summed E-state index contributed by atoms with van der Waals surface area (Å²) in [5, 5.41) is 0.446. The van der Waals surface area contributed by atoms with Crippen molar-refractivity contribution in [3.63, 3.8) is 0 Å². The molecule has 0 atom stereocenters. The van der Waals surface area contributed by atoms with Crippen molar-refractivity contribution in [3.8, 4) is 0 Å². The van der Waals surface area contributed by atoms with E-state index in [1.807, 2.05) is 48.5 Å². The van der Waals surface area contributed by atoms with E-state index in [-0.39, 0.29) is 10.1 Å². The first kappa shape index (κ1) is 21.0. The Morgan fingerprint density at radius 3 is 1.17 bits per heavy atom. The molecule has 2 aromatic rings. The predicted molar refractivity (Wildman–Crippen MR) is 117 cm³/mol. The molecule has 0 N–H and O–H groups in total. The number of rotatable bonds is 5. The molecule has 0 amide bonds. The summed E-state index contributed by atoms with van der Waals surface area (Å²) in [5.74, 6) is 0. The van der Waals surface area contributed by atoms with Gasteiger partial charge in [-0.2, -0.15) is 0 Å². The van der Waals surface area contributed by atoms with Crippen LogP contribution in [0.3, 0.4) is 0 Å². The van der Waals surface area contributed by atoms with E-state index >= 15 is 0 Å². The Hall–Kier alpha value is 0.740. The fourth-order valence-electron chi connectivity index (χ4n) is 1.47. The van der Waals surface area contributed by atoms with Crippen molar-refractivity contribution in [1.29, 1.82) is 0 Å². The lowest BCUT2D eigenvalue weighted by molar-refractivity contribution is 1.45. The van der Waals surface area contributed by atoms with Gasteiger partial charge in [-0.25, -0.2) is 0 Å². The van der Waals surface area contributed by atoms with Gasteiger partial charge in [-0.05, 0) is 48.5 Å². The summed E-state index contributed by atoms with van der Waals surface area (Å²) in [4.78, 5) is 1.89. The van der Waals surface area contributed by atoms with Crippen LogP contribution >= 0.6 is 102 Å². The van der Waals surface area contributed by atoms with Crippen LogP contribution in [-0.2, 0) is 0 Å². The van der Waals surface area contributed by atoms with Crippen LogP contribution in [0.2, 0.25) is 0 Å². The molecule has 2 aromatic carbocycles. The SMILES string of the molecule is Cl/C(Sc1ccc(Br)cc1)=C(Cl)/C(Cl)=C(/Cl)Sc1ccc(Br)cc1. The molecule has 0 spiro atoms. The summed E-state index contributed by atoms with van der Waals surface area (Å²) in [6.07, 6.45) is 0. The molecule has 0 aliphatic rings. The van der Waals surface area contributed by atoms with Crippen LogP contribution in [0.1, 0.15) is 0 Å². The van der Waals surface area contributed by atoms with Crippen molar-refractivity contribution in [2.75, 3.05) is 0 Å². The molecule has 0 saturated carbocycles. The summed E-state index contributed by atoms with van der Waals surface area (Å²) in [5.41, 5.74) is 0. The van der Waals surface area contributed by atoms with Crippen LogP contribution in [0, 0.1) is 0 Å². The van der Waals surface area contributed by atoms with Gasteiger partial charge in [0.1, 0.15) is 0 Å². The number of halogens is 6. The molecule has 0 aromatic heterocycles. The molecule has 0 unspecified atom stereocenters. The van der Waals surface area contributed by atoms with Gasteiger partial charge in [0.2, 0.25) is 0 Å². The highest BCUT2D eigenvalue weighted by molar-refractivity contribution is 9.10. The van der Waals surface area contributed by atoms with Crippen molar-refractivity contribution >= 4 is 102 Å². The van der Waals surface area contributed by atoms with Crippen LogP contribution in [0.15, 0.2) is 86.1 Å². The van der Waals surface area contributed by atoms with E-state index in [1.54, 1.807) is 0 Å². The van der Waals surface area contributed by atoms with Gasteiger partial charge in [0.05, 0.1) is 18.8 Å². The first-order valence-corrected chi connectivity index (χ1v) is 11.1. The minimum absolute atomic E-state index is 0.223. The number of thioether (sulfide) groups is 2. The minimum atomic E-state index is 0.223. The van der Waals surface area contributed by atoms with Crippen molar-refractivity contribution in [2.45, 2.75) is 9.79 Å². The molecule has 0 fully saturated rings. The predicted octanol–water partition coefficient (Wildman–Crippen LogP) is 9.39. The van der Waals surface area contributed by atoms with Crippen LogP contribution in [-0.4, -0.2) is 0 Å². The molecule has 0 aliphatic carbocycles. The number of hydrogen-bond donors (Lipinski definition) is 0. The maximum Gasteiger partial charge on any atom is 0.0985 e. The van der Waals surface area contributed by atoms with Gasteiger partial charge >= 0.3 is 0 Å². The summed E-state index contributed by atoms with van der Waals surface area (Å²) in [6.45, 7) is 0.